The molecule has 3 heterocycles. The van der Waals surface area contributed by atoms with Crippen LogP contribution in [0, 0.1) is 13.8 Å². The van der Waals surface area contributed by atoms with Crippen LogP contribution in [0.5, 0.6) is 0 Å². The van der Waals surface area contributed by atoms with Gasteiger partial charge in [-0.25, -0.2) is 8.42 Å². The predicted molar refractivity (Wildman–Crippen MR) is 107 cm³/mol. The molecule has 2 aromatic rings. The zero-order chi connectivity index (χ0) is 20.3. The number of nitrogens with one attached hydrogen (secondary N) is 1. The van der Waals surface area contributed by atoms with E-state index in [-0.39, 0.29) is 17.3 Å². The van der Waals surface area contributed by atoms with Crippen molar-refractivity contribution in [3.63, 3.8) is 0 Å². The molecule has 1 amide bonds. The zero-order valence-electron chi connectivity index (χ0n) is 16.4. The molecule has 1 aliphatic rings. The van der Waals surface area contributed by atoms with Crippen LogP contribution < -0.4 is 5.32 Å². The van der Waals surface area contributed by atoms with Crippen molar-refractivity contribution in [2.45, 2.75) is 38.6 Å². The van der Waals surface area contributed by atoms with E-state index < -0.39 is 10.0 Å². The third-order valence-corrected chi connectivity index (χ3v) is 8.16. The summed E-state index contributed by atoms with van der Waals surface area (Å²) >= 11 is 1.71. The number of hydrogen-bond donors (Lipinski definition) is 1. The molecule has 0 atom stereocenters. The van der Waals surface area contributed by atoms with Crippen LogP contribution in [0.3, 0.4) is 0 Å². The molecule has 0 unspecified atom stereocenters. The lowest BCUT2D eigenvalue weighted by atomic mass is 10.3. The van der Waals surface area contributed by atoms with E-state index in [0.717, 1.165) is 11.3 Å². The summed E-state index contributed by atoms with van der Waals surface area (Å²) in [6.07, 6.45) is 1.000. The molecule has 0 bridgehead atoms. The summed E-state index contributed by atoms with van der Waals surface area (Å²) in [5.74, 6) is 0.257. The summed E-state index contributed by atoms with van der Waals surface area (Å²) in [5, 5.41) is 6.68. The van der Waals surface area contributed by atoms with E-state index >= 15 is 0 Å². The predicted octanol–water partition coefficient (Wildman–Crippen LogP) is 1.54. The van der Waals surface area contributed by atoms with Crippen molar-refractivity contribution in [3.8, 4) is 0 Å². The Morgan fingerprint density at radius 1 is 1.21 bits per heavy atom. The average molecular weight is 427 g/mol. The van der Waals surface area contributed by atoms with Crippen LogP contribution in [0.15, 0.2) is 21.6 Å². The molecule has 2 aromatic heterocycles. The Kier molecular flexibility index (Phi) is 6.54. The van der Waals surface area contributed by atoms with Crippen LogP contribution in [0.25, 0.3) is 0 Å². The van der Waals surface area contributed by atoms with Crippen molar-refractivity contribution in [1.29, 1.82) is 0 Å². The Balaban J connectivity index is 1.49. The molecular formula is C18H26N4O4S2. The van der Waals surface area contributed by atoms with Gasteiger partial charge in [0.2, 0.25) is 15.9 Å². The van der Waals surface area contributed by atoms with Crippen LogP contribution in [0.2, 0.25) is 0 Å². The third-order valence-electron chi connectivity index (χ3n) is 4.79. The second-order valence-electron chi connectivity index (χ2n) is 6.83. The van der Waals surface area contributed by atoms with E-state index in [1.54, 1.807) is 25.2 Å². The Morgan fingerprint density at radius 2 is 1.89 bits per heavy atom. The number of hydrogen-bond acceptors (Lipinski definition) is 7. The molecule has 3 rings (SSSR count). The van der Waals surface area contributed by atoms with E-state index in [9.17, 15) is 13.2 Å². The fraction of sp³-hybridized carbons (Fsp3) is 0.556. The lowest BCUT2D eigenvalue weighted by molar-refractivity contribution is -0.122. The van der Waals surface area contributed by atoms with Gasteiger partial charge in [0, 0.05) is 35.9 Å². The molecule has 0 radical (unpaired) electrons. The third kappa shape index (κ3) is 4.62. The van der Waals surface area contributed by atoms with Crippen LogP contribution in [-0.2, 0) is 27.8 Å². The summed E-state index contributed by atoms with van der Waals surface area (Å²) in [5.41, 5.74) is 0.374. The summed E-state index contributed by atoms with van der Waals surface area (Å²) < 4.78 is 32.1. The second kappa shape index (κ2) is 8.73. The van der Waals surface area contributed by atoms with Gasteiger partial charge in [-0.2, -0.15) is 4.31 Å². The van der Waals surface area contributed by atoms with Crippen molar-refractivity contribution in [2.75, 3.05) is 32.7 Å². The molecule has 154 valence electrons. The highest BCUT2D eigenvalue weighted by Crippen LogP contribution is 2.24. The van der Waals surface area contributed by atoms with Crippen LogP contribution in [-0.4, -0.2) is 61.4 Å². The Labute approximate surface area is 169 Å². The maximum Gasteiger partial charge on any atom is 0.248 e. The number of amides is 1. The number of piperazine rings is 1. The molecule has 1 aliphatic heterocycles. The van der Waals surface area contributed by atoms with E-state index in [2.05, 4.69) is 23.5 Å². The molecule has 1 saturated heterocycles. The van der Waals surface area contributed by atoms with Crippen LogP contribution >= 0.6 is 11.3 Å². The highest BCUT2D eigenvalue weighted by molar-refractivity contribution is 7.89. The quantitative estimate of drug-likeness (QED) is 0.722. The molecule has 10 heteroatoms. The van der Waals surface area contributed by atoms with Gasteiger partial charge >= 0.3 is 0 Å². The van der Waals surface area contributed by atoms with Crippen molar-refractivity contribution >= 4 is 27.3 Å². The van der Waals surface area contributed by atoms with Gasteiger partial charge in [-0.05, 0) is 32.4 Å². The molecular weight excluding hydrogens is 400 g/mol. The normalized spacial score (nSPS) is 16.4. The van der Waals surface area contributed by atoms with Crippen molar-refractivity contribution in [3.05, 3.63) is 33.3 Å². The summed E-state index contributed by atoms with van der Waals surface area (Å²) in [4.78, 5) is 16.8. The van der Waals surface area contributed by atoms with Crippen molar-refractivity contribution < 1.29 is 17.7 Å². The number of carbonyl (C=O) groups is 1. The van der Waals surface area contributed by atoms with E-state index in [1.165, 1.54) is 9.18 Å². The molecule has 0 aliphatic carbocycles. The highest BCUT2D eigenvalue weighted by Gasteiger charge is 2.33. The SMILES string of the molecule is CCc1ccc(CNC(=O)CN2CCN(S(=O)(=O)c3c(C)noc3C)CC2)s1. The van der Waals surface area contributed by atoms with Crippen LogP contribution in [0.4, 0.5) is 0 Å². The van der Waals surface area contributed by atoms with Gasteiger partial charge in [-0.15, -0.1) is 11.3 Å². The minimum atomic E-state index is -3.63. The first-order valence-electron chi connectivity index (χ1n) is 9.31. The maximum atomic E-state index is 12.8. The zero-order valence-corrected chi connectivity index (χ0v) is 18.0. The van der Waals surface area contributed by atoms with Crippen LogP contribution in [0.1, 0.15) is 28.1 Å². The molecule has 8 nitrogen and oxygen atoms in total. The van der Waals surface area contributed by atoms with Gasteiger partial charge in [0.15, 0.2) is 5.76 Å². The summed E-state index contributed by atoms with van der Waals surface area (Å²) in [6, 6.07) is 4.13. The number of nitrogens with zero attached hydrogens (tertiary/aromatic N) is 3. The molecule has 0 saturated carbocycles. The minimum absolute atomic E-state index is 0.0477. The fourth-order valence-corrected chi connectivity index (χ4v) is 5.86. The second-order valence-corrected chi connectivity index (χ2v) is 9.96. The van der Waals surface area contributed by atoms with E-state index in [4.69, 9.17) is 4.52 Å². The fourth-order valence-electron chi connectivity index (χ4n) is 3.25. The monoisotopic (exact) mass is 426 g/mol. The first-order chi connectivity index (χ1) is 13.3. The number of rotatable bonds is 7. The smallest absolute Gasteiger partial charge is 0.248 e. The van der Waals surface area contributed by atoms with Gasteiger partial charge in [0.1, 0.15) is 10.6 Å². The van der Waals surface area contributed by atoms with Gasteiger partial charge in [-0.1, -0.05) is 12.1 Å². The lowest BCUT2D eigenvalue weighted by Gasteiger charge is -2.33. The standard InChI is InChI=1S/C18H26N4O4S2/c1-4-15-5-6-16(27-15)11-19-17(23)12-21-7-9-22(10-8-21)28(24,25)18-13(2)20-26-14(18)3/h5-6H,4,7-12H2,1-3H3,(H,19,23). The minimum Gasteiger partial charge on any atom is -0.360 e. The number of aromatic nitrogens is 1. The van der Waals surface area contributed by atoms with Crippen molar-refractivity contribution in [2.24, 2.45) is 0 Å². The molecule has 28 heavy (non-hydrogen) atoms. The average Bonchev–Trinajstić information content (AvgIpc) is 3.26. The topological polar surface area (TPSA) is 95.8 Å². The maximum absolute atomic E-state index is 12.8. The number of carbonyl (C=O) groups excluding carboxylic acids is 1. The number of sulfonamides is 1. The lowest BCUT2D eigenvalue weighted by Crippen LogP contribution is -2.51. The van der Waals surface area contributed by atoms with E-state index in [1.807, 2.05) is 11.0 Å². The number of aryl methyl sites for hydroxylation is 3. The van der Waals surface area contributed by atoms with Gasteiger partial charge < -0.3 is 9.84 Å². The molecule has 0 spiro atoms. The van der Waals surface area contributed by atoms with Gasteiger partial charge in [0.05, 0.1) is 13.1 Å². The molecule has 1 N–H and O–H groups in total. The van der Waals surface area contributed by atoms with E-state index in [0.29, 0.717) is 44.2 Å². The Hall–Kier alpha value is -1.75. The first kappa shape index (κ1) is 21.0. The largest absolute Gasteiger partial charge is 0.360 e. The Bertz CT molecular complexity index is 908. The van der Waals surface area contributed by atoms with Crippen molar-refractivity contribution in [1.82, 2.24) is 19.7 Å². The summed E-state index contributed by atoms with van der Waals surface area (Å²) in [6.45, 7) is 7.83. The van der Waals surface area contributed by atoms with Gasteiger partial charge in [0.25, 0.3) is 0 Å². The molecule has 0 aromatic carbocycles. The summed E-state index contributed by atoms with van der Waals surface area (Å²) in [7, 11) is -3.63. The number of thiophene rings is 1. The Morgan fingerprint density at radius 3 is 2.46 bits per heavy atom. The first-order valence-corrected chi connectivity index (χ1v) is 11.6. The molecule has 1 fully saturated rings. The van der Waals surface area contributed by atoms with Gasteiger partial charge in [-0.3, -0.25) is 9.69 Å². The highest BCUT2D eigenvalue weighted by atomic mass is 32.2.